The quantitative estimate of drug-likeness (QED) is 0.167. The molecule has 0 radical (unpaired) electrons. The smallest absolute Gasteiger partial charge is 0.227 e. The van der Waals surface area contributed by atoms with Crippen LogP contribution in [-0.4, -0.2) is 4.98 Å². The zero-order valence-corrected chi connectivity index (χ0v) is 29.9. The van der Waals surface area contributed by atoms with E-state index in [-0.39, 0.29) is 0 Å². The molecule has 0 bridgehead atoms. The molecule has 0 N–H and O–H groups in total. The molecule has 0 amide bonds. The van der Waals surface area contributed by atoms with E-state index >= 15 is 0 Å². The topological polar surface area (TPSA) is 26.0 Å². The molecule has 0 unspecified atom stereocenters. The van der Waals surface area contributed by atoms with Crippen LogP contribution < -0.4 is 0 Å². The lowest BCUT2D eigenvalue weighted by Crippen LogP contribution is -1.90. The first-order valence-corrected chi connectivity index (χ1v) is 18.8. The fourth-order valence-electron chi connectivity index (χ4n) is 8.60. The summed E-state index contributed by atoms with van der Waals surface area (Å²) in [6.45, 7) is 0. The summed E-state index contributed by atoms with van der Waals surface area (Å²) in [6, 6.07) is 71.7. The summed E-state index contributed by atoms with van der Waals surface area (Å²) in [5, 5.41) is 9.79. The molecule has 0 aliphatic heterocycles. The zero-order chi connectivity index (χ0) is 36.3. The van der Waals surface area contributed by atoms with Gasteiger partial charge in [0.15, 0.2) is 5.58 Å². The molecule has 10 aromatic carbocycles. The molecule has 0 fully saturated rings. The van der Waals surface area contributed by atoms with E-state index in [2.05, 4.69) is 200 Å². The van der Waals surface area contributed by atoms with Crippen molar-refractivity contribution in [2.75, 3.05) is 0 Å². The highest BCUT2D eigenvalue weighted by Gasteiger charge is 2.20. The van der Waals surface area contributed by atoms with Crippen LogP contribution >= 0.6 is 0 Å². The van der Waals surface area contributed by atoms with Crippen molar-refractivity contribution in [3.63, 3.8) is 0 Å². The van der Waals surface area contributed by atoms with E-state index < -0.39 is 0 Å². The summed E-state index contributed by atoms with van der Waals surface area (Å²) >= 11 is 0. The highest BCUT2D eigenvalue weighted by atomic mass is 16.3. The van der Waals surface area contributed by atoms with E-state index in [4.69, 9.17) is 9.40 Å². The van der Waals surface area contributed by atoms with Crippen LogP contribution in [0.3, 0.4) is 0 Å². The van der Waals surface area contributed by atoms with Gasteiger partial charge in [0.2, 0.25) is 5.89 Å². The lowest BCUT2D eigenvalue weighted by Gasteiger charge is -2.17. The van der Waals surface area contributed by atoms with Crippen LogP contribution in [0.4, 0.5) is 0 Å². The second-order valence-electron chi connectivity index (χ2n) is 14.2. The van der Waals surface area contributed by atoms with Crippen LogP contribution in [-0.2, 0) is 0 Å². The third-order valence-electron chi connectivity index (χ3n) is 11.1. The standard InChI is InChI=1S/C53H33NO/c1-2-16-36(17-3-1)51-43-22-8-10-24-45(43)52(46-25-11-9-23-44(46)51)37-28-30-38(31-29-37)53-54-49-32-47(41-26-12-18-34-14-4-6-20-39(34)41)48(33-50(49)55-53)42-27-13-19-35-15-5-7-21-40(35)42/h1-33H. The summed E-state index contributed by atoms with van der Waals surface area (Å²) < 4.78 is 6.65. The highest BCUT2D eigenvalue weighted by molar-refractivity contribution is 6.21. The molecule has 0 spiro atoms. The van der Waals surface area contributed by atoms with E-state index in [1.165, 1.54) is 70.9 Å². The molecule has 0 aliphatic rings. The van der Waals surface area contributed by atoms with Gasteiger partial charge in [0.25, 0.3) is 0 Å². The predicted octanol–water partition coefficient (Wildman–Crippen LogP) is 14.8. The van der Waals surface area contributed by atoms with Gasteiger partial charge in [-0.1, -0.05) is 176 Å². The van der Waals surface area contributed by atoms with Gasteiger partial charge in [-0.2, -0.15) is 0 Å². The molecule has 0 aliphatic carbocycles. The van der Waals surface area contributed by atoms with E-state index in [0.29, 0.717) is 5.89 Å². The van der Waals surface area contributed by atoms with E-state index in [1.807, 2.05) is 0 Å². The lowest BCUT2D eigenvalue weighted by molar-refractivity contribution is 0.620. The van der Waals surface area contributed by atoms with E-state index in [1.54, 1.807) is 0 Å². The number of hydrogen-bond acceptors (Lipinski definition) is 2. The number of nitrogens with zero attached hydrogens (tertiary/aromatic N) is 1. The molecule has 0 saturated carbocycles. The first-order chi connectivity index (χ1) is 27.3. The van der Waals surface area contributed by atoms with Crippen molar-refractivity contribution in [3.05, 3.63) is 200 Å². The molecular weight excluding hydrogens is 667 g/mol. The molecule has 11 aromatic rings. The van der Waals surface area contributed by atoms with Gasteiger partial charge in [0.1, 0.15) is 5.52 Å². The average Bonchev–Trinajstić information content (AvgIpc) is 3.68. The number of oxazole rings is 1. The monoisotopic (exact) mass is 699 g/mol. The Morgan fingerprint density at radius 1 is 0.309 bits per heavy atom. The van der Waals surface area contributed by atoms with Crippen molar-refractivity contribution in [1.82, 2.24) is 4.98 Å². The minimum absolute atomic E-state index is 0.606. The largest absolute Gasteiger partial charge is 0.436 e. The Morgan fingerprint density at radius 2 is 0.727 bits per heavy atom. The Hall–Kier alpha value is -7.29. The molecule has 0 atom stereocenters. The third-order valence-corrected chi connectivity index (χ3v) is 11.1. The van der Waals surface area contributed by atoms with Gasteiger partial charge in [0, 0.05) is 5.56 Å². The minimum Gasteiger partial charge on any atom is -0.436 e. The number of fused-ring (bicyclic) bond motifs is 5. The van der Waals surface area contributed by atoms with Gasteiger partial charge in [-0.25, -0.2) is 4.98 Å². The summed E-state index contributed by atoms with van der Waals surface area (Å²) in [7, 11) is 0. The summed E-state index contributed by atoms with van der Waals surface area (Å²) in [5.41, 5.74) is 12.0. The zero-order valence-electron chi connectivity index (χ0n) is 29.9. The normalized spacial score (nSPS) is 11.6. The first kappa shape index (κ1) is 31.3. The van der Waals surface area contributed by atoms with Crippen LogP contribution in [0.2, 0.25) is 0 Å². The second-order valence-corrected chi connectivity index (χ2v) is 14.2. The molecule has 0 saturated heterocycles. The molecule has 55 heavy (non-hydrogen) atoms. The predicted molar refractivity (Wildman–Crippen MR) is 231 cm³/mol. The molecule has 256 valence electrons. The maximum absolute atomic E-state index is 6.65. The van der Waals surface area contributed by atoms with E-state index in [9.17, 15) is 0 Å². The van der Waals surface area contributed by atoms with Crippen molar-refractivity contribution >= 4 is 54.2 Å². The fourth-order valence-corrected chi connectivity index (χ4v) is 8.60. The van der Waals surface area contributed by atoms with Crippen molar-refractivity contribution in [3.8, 4) is 56.0 Å². The molecule has 1 aromatic heterocycles. The lowest BCUT2D eigenvalue weighted by atomic mass is 9.86. The Balaban J connectivity index is 1.07. The molecular formula is C53H33NO. The van der Waals surface area contributed by atoms with Crippen LogP contribution in [0.1, 0.15) is 0 Å². The van der Waals surface area contributed by atoms with Crippen molar-refractivity contribution in [2.45, 2.75) is 0 Å². The number of hydrogen-bond donors (Lipinski definition) is 0. The minimum atomic E-state index is 0.606. The molecule has 1 heterocycles. The average molecular weight is 700 g/mol. The Bertz CT molecular complexity index is 3060. The van der Waals surface area contributed by atoms with Crippen molar-refractivity contribution < 1.29 is 4.42 Å². The summed E-state index contributed by atoms with van der Waals surface area (Å²) in [4.78, 5) is 5.13. The number of aromatic nitrogens is 1. The third kappa shape index (κ3) is 5.15. The SMILES string of the molecule is c1ccc(-c2c3ccccc3c(-c3ccc(-c4nc5cc(-c6cccc7ccccc67)c(-c6cccc7ccccc67)cc5o4)cc3)c3ccccc23)cc1. The molecule has 11 rings (SSSR count). The molecule has 2 nitrogen and oxygen atoms in total. The summed E-state index contributed by atoms with van der Waals surface area (Å²) in [5.74, 6) is 0.606. The van der Waals surface area contributed by atoms with E-state index in [0.717, 1.165) is 33.4 Å². The Morgan fingerprint density at radius 3 is 1.27 bits per heavy atom. The molecule has 2 heteroatoms. The van der Waals surface area contributed by atoms with Crippen molar-refractivity contribution in [2.24, 2.45) is 0 Å². The van der Waals surface area contributed by atoms with Gasteiger partial charge >= 0.3 is 0 Å². The second kappa shape index (κ2) is 12.7. The van der Waals surface area contributed by atoms with Crippen LogP contribution in [0.15, 0.2) is 205 Å². The van der Waals surface area contributed by atoms with Gasteiger partial charge in [-0.3, -0.25) is 0 Å². The van der Waals surface area contributed by atoms with Crippen LogP contribution in [0, 0.1) is 0 Å². The highest BCUT2D eigenvalue weighted by Crippen LogP contribution is 2.45. The maximum atomic E-state index is 6.65. The van der Waals surface area contributed by atoms with Crippen LogP contribution in [0.25, 0.3) is 110 Å². The number of benzene rings is 10. The van der Waals surface area contributed by atoms with Gasteiger partial charge in [-0.15, -0.1) is 0 Å². The fraction of sp³-hybridized carbons (Fsp3) is 0. The first-order valence-electron chi connectivity index (χ1n) is 18.8. The Kier molecular flexibility index (Phi) is 7.21. The Labute approximate surface area is 318 Å². The van der Waals surface area contributed by atoms with Gasteiger partial charge < -0.3 is 4.42 Å². The maximum Gasteiger partial charge on any atom is 0.227 e. The van der Waals surface area contributed by atoms with Gasteiger partial charge in [0.05, 0.1) is 0 Å². The summed E-state index contributed by atoms with van der Waals surface area (Å²) in [6.07, 6.45) is 0. The van der Waals surface area contributed by atoms with Crippen LogP contribution in [0.5, 0.6) is 0 Å². The number of rotatable bonds is 5. The van der Waals surface area contributed by atoms with Crippen molar-refractivity contribution in [1.29, 1.82) is 0 Å². The van der Waals surface area contributed by atoms with Gasteiger partial charge in [-0.05, 0) is 112 Å².